The van der Waals surface area contributed by atoms with E-state index in [4.69, 9.17) is 0 Å². The molecule has 100 valence electrons. The Morgan fingerprint density at radius 3 is 2.76 bits per heavy atom. The fourth-order valence-corrected chi connectivity index (χ4v) is 4.02. The van der Waals surface area contributed by atoms with E-state index in [9.17, 15) is 0 Å². The molecule has 2 atom stereocenters. The molecule has 0 radical (unpaired) electrons. The van der Waals surface area contributed by atoms with Crippen LogP contribution in [0.2, 0.25) is 0 Å². The highest BCUT2D eigenvalue weighted by molar-refractivity contribution is 4.93. The molecule has 2 rings (SSSR count). The Bertz CT molecular complexity index is 239. The van der Waals surface area contributed by atoms with Crippen molar-refractivity contribution < 1.29 is 0 Å². The Labute approximate surface area is 107 Å². The van der Waals surface area contributed by atoms with E-state index >= 15 is 0 Å². The lowest BCUT2D eigenvalue weighted by Crippen LogP contribution is -2.45. The molecule has 1 N–H and O–H groups in total. The summed E-state index contributed by atoms with van der Waals surface area (Å²) in [4.78, 5) is 2.68. The molecule has 2 heterocycles. The van der Waals surface area contributed by atoms with Gasteiger partial charge in [-0.2, -0.15) is 0 Å². The van der Waals surface area contributed by atoms with Crippen LogP contribution in [0, 0.1) is 11.3 Å². The number of hydrogen-bond donors (Lipinski definition) is 1. The quantitative estimate of drug-likeness (QED) is 0.796. The molecule has 2 nitrogen and oxygen atoms in total. The lowest BCUT2D eigenvalue weighted by atomic mass is 9.65. The molecule has 2 heteroatoms. The van der Waals surface area contributed by atoms with Gasteiger partial charge >= 0.3 is 0 Å². The fourth-order valence-electron chi connectivity index (χ4n) is 4.02. The van der Waals surface area contributed by atoms with Gasteiger partial charge < -0.3 is 10.2 Å². The first-order chi connectivity index (χ1) is 8.18. The van der Waals surface area contributed by atoms with Crippen LogP contribution in [0.1, 0.15) is 52.9 Å². The minimum Gasteiger partial charge on any atom is -0.316 e. The first kappa shape index (κ1) is 13.4. The van der Waals surface area contributed by atoms with Gasteiger partial charge in [-0.15, -0.1) is 0 Å². The third kappa shape index (κ3) is 2.85. The molecule has 0 saturated carbocycles. The Morgan fingerprint density at radius 1 is 1.24 bits per heavy atom. The summed E-state index contributed by atoms with van der Waals surface area (Å²) >= 11 is 0. The lowest BCUT2D eigenvalue weighted by Gasteiger charge is -2.44. The van der Waals surface area contributed by atoms with Crippen LogP contribution < -0.4 is 5.32 Å². The minimum atomic E-state index is 0.670. The zero-order valence-electron chi connectivity index (χ0n) is 12.0. The monoisotopic (exact) mass is 238 g/mol. The molecule has 0 aromatic heterocycles. The van der Waals surface area contributed by atoms with Crippen LogP contribution in [0.15, 0.2) is 0 Å². The highest BCUT2D eigenvalue weighted by Gasteiger charge is 2.40. The van der Waals surface area contributed by atoms with Gasteiger partial charge in [0.15, 0.2) is 0 Å². The summed E-state index contributed by atoms with van der Waals surface area (Å²) in [6, 6.07) is 0.729. The van der Waals surface area contributed by atoms with E-state index < -0.39 is 0 Å². The van der Waals surface area contributed by atoms with Gasteiger partial charge in [0.05, 0.1) is 0 Å². The fraction of sp³-hybridized carbons (Fsp3) is 1.00. The van der Waals surface area contributed by atoms with Gasteiger partial charge in [0, 0.05) is 6.04 Å². The first-order valence-corrected chi connectivity index (χ1v) is 7.63. The van der Waals surface area contributed by atoms with Crippen molar-refractivity contribution in [3.63, 3.8) is 0 Å². The summed E-state index contributed by atoms with van der Waals surface area (Å²) in [5.41, 5.74) is 0.670. The molecular weight excluding hydrogens is 208 g/mol. The molecule has 2 unspecified atom stereocenters. The third-order valence-corrected chi connectivity index (χ3v) is 5.30. The van der Waals surface area contributed by atoms with E-state index in [0.717, 1.165) is 12.0 Å². The molecule has 0 aliphatic carbocycles. The molecule has 2 aliphatic heterocycles. The maximum absolute atomic E-state index is 3.60. The van der Waals surface area contributed by atoms with E-state index in [-0.39, 0.29) is 0 Å². The van der Waals surface area contributed by atoms with E-state index in [1.165, 1.54) is 58.3 Å². The maximum atomic E-state index is 3.60. The van der Waals surface area contributed by atoms with Crippen LogP contribution in [-0.2, 0) is 0 Å². The van der Waals surface area contributed by atoms with Crippen molar-refractivity contribution in [2.24, 2.45) is 11.3 Å². The number of nitrogens with one attached hydrogen (secondary N) is 1. The Hall–Kier alpha value is -0.0800. The molecule has 2 saturated heterocycles. The van der Waals surface area contributed by atoms with Crippen LogP contribution in [0.5, 0.6) is 0 Å². The number of rotatable bonds is 2. The molecule has 0 aromatic carbocycles. The van der Waals surface area contributed by atoms with Crippen LogP contribution >= 0.6 is 0 Å². The summed E-state index contributed by atoms with van der Waals surface area (Å²) in [5, 5.41) is 3.60. The summed E-state index contributed by atoms with van der Waals surface area (Å²) in [7, 11) is 0. The van der Waals surface area contributed by atoms with E-state index in [2.05, 4.69) is 31.0 Å². The van der Waals surface area contributed by atoms with Crippen molar-refractivity contribution in [1.29, 1.82) is 0 Å². The molecule has 2 fully saturated rings. The summed E-state index contributed by atoms with van der Waals surface area (Å²) < 4.78 is 0. The predicted molar refractivity (Wildman–Crippen MR) is 74.3 cm³/mol. The van der Waals surface area contributed by atoms with Crippen molar-refractivity contribution in [2.75, 3.05) is 26.2 Å². The number of piperidine rings is 1. The smallest absolute Gasteiger partial charge is 0.00385 e. The molecule has 1 spiro atoms. The van der Waals surface area contributed by atoms with E-state index in [0.29, 0.717) is 5.41 Å². The first-order valence-electron chi connectivity index (χ1n) is 7.63. The molecule has 0 amide bonds. The molecule has 0 aromatic rings. The van der Waals surface area contributed by atoms with E-state index in [1.54, 1.807) is 0 Å². The van der Waals surface area contributed by atoms with Gasteiger partial charge in [-0.05, 0) is 77.0 Å². The van der Waals surface area contributed by atoms with Crippen molar-refractivity contribution >= 4 is 0 Å². The molecule has 0 bridgehead atoms. The summed E-state index contributed by atoms with van der Waals surface area (Å²) in [5.74, 6) is 0.920. The van der Waals surface area contributed by atoms with Crippen LogP contribution in [-0.4, -0.2) is 37.1 Å². The Balaban J connectivity index is 2.04. The molecular formula is C15H30N2. The number of likely N-dealkylation sites (tertiary alicyclic amines) is 1. The van der Waals surface area contributed by atoms with E-state index in [1.807, 2.05) is 0 Å². The minimum absolute atomic E-state index is 0.670. The standard InChI is InChI=1S/C15H30N2/c1-4-14-12-16-9-7-15(14)6-5-10-17(11-8-15)13(2)3/h13-14,16H,4-12H2,1-3H3. The second kappa shape index (κ2) is 5.71. The highest BCUT2D eigenvalue weighted by atomic mass is 15.1. The Kier molecular flexibility index (Phi) is 4.48. The van der Waals surface area contributed by atoms with Gasteiger partial charge in [0.2, 0.25) is 0 Å². The topological polar surface area (TPSA) is 15.3 Å². The van der Waals surface area contributed by atoms with Crippen LogP contribution in [0.4, 0.5) is 0 Å². The zero-order chi connectivity index (χ0) is 12.3. The van der Waals surface area contributed by atoms with Crippen molar-refractivity contribution in [3.8, 4) is 0 Å². The van der Waals surface area contributed by atoms with Crippen LogP contribution in [0.3, 0.4) is 0 Å². The SMILES string of the molecule is CCC1CNCCC12CCCN(C(C)C)CC2. The van der Waals surface area contributed by atoms with Gasteiger partial charge in [-0.1, -0.05) is 13.3 Å². The Morgan fingerprint density at radius 2 is 2.06 bits per heavy atom. The normalized spacial score (nSPS) is 36.4. The van der Waals surface area contributed by atoms with Crippen molar-refractivity contribution in [3.05, 3.63) is 0 Å². The average Bonchev–Trinajstić information content (AvgIpc) is 2.53. The largest absolute Gasteiger partial charge is 0.316 e. The second-order valence-electron chi connectivity index (χ2n) is 6.40. The summed E-state index contributed by atoms with van der Waals surface area (Å²) in [6.45, 7) is 12.2. The van der Waals surface area contributed by atoms with Crippen molar-refractivity contribution in [2.45, 2.75) is 58.9 Å². The van der Waals surface area contributed by atoms with Crippen LogP contribution in [0.25, 0.3) is 0 Å². The van der Waals surface area contributed by atoms with Crippen molar-refractivity contribution in [1.82, 2.24) is 10.2 Å². The lowest BCUT2D eigenvalue weighted by molar-refractivity contribution is 0.0814. The highest BCUT2D eigenvalue weighted by Crippen LogP contribution is 2.44. The number of hydrogen-bond acceptors (Lipinski definition) is 2. The van der Waals surface area contributed by atoms with Gasteiger partial charge in [0.1, 0.15) is 0 Å². The molecule has 17 heavy (non-hydrogen) atoms. The van der Waals surface area contributed by atoms with Gasteiger partial charge in [-0.3, -0.25) is 0 Å². The summed E-state index contributed by atoms with van der Waals surface area (Å²) in [6.07, 6.45) is 7.09. The maximum Gasteiger partial charge on any atom is 0.00385 e. The zero-order valence-corrected chi connectivity index (χ0v) is 12.0. The predicted octanol–water partition coefficient (Wildman–Crippen LogP) is 2.89. The van der Waals surface area contributed by atoms with Gasteiger partial charge in [-0.25, -0.2) is 0 Å². The number of nitrogens with zero attached hydrogens (tertiary/aromatic N) is 1. The second-order valence-corrected chi connectivity index (χ2v) is 6.40. The third-order valence-electron chi connectivity index (χ3n) is 5.30. The average molecular weight is 238 g/mol. The molecule has 2 aliphatic rings. The van der Waals surface area contributed by atoms with Gasteiger partial charge in [0.25, 0.3) is 0 Å².